The summed E-state index contributed by atoms with van der Waals surface area (Å²) in [7, 11) is 0. The molecule has 270 valence electrons. The van der Waals surface area contributed by atoms with Gasteiger partial charge in [0.05, 0.1) is 52.9 Å². The lowest BCUT2D eigenvalue weighted by molar-refractivity contribution is -0.122. The predicted octanol–water partition coefficient (Wildman–Crippen LogP) is 4.23. The molecule has 0 saturated carbocycles. The Bertz CT molecular complexity index is 1410. The van der Waals surface area contributed by atoms with E-state index in [0.29, 0.717) is 90.1 Å². The van der Waals surface area contributed by atoms with Crippen LogP contribution in [0.4, 0.5) is 0 Å². The number of aryl methyl sites for hydroxylation is 1. The molecule has 10 nitrogen and oxygen atoms in total. The number of likely N-dealkylation sites (tertiary alicyclic amines) is 1. The number of carbonyl (C=O) groups excluding carboxylic acids is 3. The zero-order valence-electron chi connectivity index (χ0n) is 29.5. The predicted molar refractivity (Wildman–Crippen MR) is 194 cm³/mol. The largest absolute Gasteiger partial charge is 0.379 e. The number of benzene rings is 3. The highest BCUT2D eigenvalue weighted by Gasteiger charge is 2.45. The lowest BCUT2D eigenvalue weighted by atomic mass is 9.67. The van der Waals surface area contributed by atoms with Gasteiger partial charge in [0.15, 0.2) is 11.6 Å². The second-order valence-electron chi connectivity index (χ2n) is 12.6. The van der Waals surface area contributed by atoms with Crippen molar-refractivity contribution in [2.75, 3.05) is 85.6 Å². The highest BCUT2D eigenvalue weighted by atomic mass is 16.6. The van der Waals surface area contributed by atoms with Crippen LogP contribution in [0.25, 0.3) is 0 Å². The highest BCUT2D eigenvalue weighted by Crippen LogP contribution is 2.42. The van der Waals surface area contributed by atoms with Crippen molar-refractivity contribution in [3.8, 4) is 0 Å². The van der Waals surface area contributed by atoms with Gasteiger partial charge in [-0.25, -0.2) is 0 Å². The van der Waals surface area contributed by atoms with Gasteiger partial charge in [-0.2, -0.15) is 0 Å². The second kappa shape index (κ2) is 21.4. The first-order chi connectivity index (χ1) is 24.4. The number of amides is 1. The fourth-order valence-corrected chi connectivity index (χ4v) is 6.47. The summed E-state index contributed by atoms with van der Waals surface area (Å²) in [5, 5.41) is 2.99. The van der Waals surface area contributed by atoms with E-state index < -0.39 is 11.8 Å². The molecule has 0 unspecified atom stereocenters. The number of rotatable bonds is 22. The Morgan fingerprint density at radius 3 is 1.70 bits per heavy atom. The van der Waals surface area contributed by atoms with Gasteiger partial charge in [0, 0.05) is 68.0 Å². The van der Waals surface area contributed by atoms with Gasteiger partial charge in [-0.3, -0.25) is 14.4 Å². The molecule has 0 bridgehead atoms. The summed E-state index contributed by atoms with van der Waals surface area (Å²) in [6, 6.07) is 24.8. The van der Waals surface area contributed by atoms with Crippen LogP contribution in [-0.2, 0) is 23.7 Å². The van der Waals surface area contributed by atoms with Gasteiger partial charge in [-0.05, 0) is 30.5 Å². The molecule has 4 rings (SSSR count). The van der Waals surface area contributed by atoms with Crippen LogP contribution in [0.15, 0.2) is 78.9 Å². The molecule has 1 aliphatic heterocycles. The number of ether oxygens (including phenoxy) is 4. The van der Waals surface area contributed by atoms with Gasteiger partial charge in [-0.1, -0.05) is 78.9 Å². The molecular formula is C40H53N3O7. The minimum atomic E-state index is -0.447. The van der Waals surface area contributed by atoms with Crippen LogP contribution in [-0.4, -0.2) is 108 Å². The zero-order chi connectivity index (χ0) is 35.6. The number of Topliss-reactive ketones (excluding diaryl/α,β-unsaturated/α-hetero) is 2. The van der Waals surface area contributed by atoms with Crippen molar-refractivity contribution in [1.29, 1.82) is 0 Å². The Hall–Kier alpha value is -3.77. The van der Waals surface area contributed by atoms with Crippen molar-refractivity contribution in [3.05, 3.63) is 107 Å². The van der Waals surface area contributed by atoms with Crippen molar-refractivity contribution >= 4 is 17.5 Å². The van der Waals surface area contributed by atoms with Crippen molar-refractivity contribution in [2.45, 2.75) is 26.2 Å². The average Bonchev–Trinajstić information content (AvgIpc) is 3.14. The number of hydrogen-bond acceptors (Lipinski definition) is 9. The molecule has 0 aliphatic carbocycles. The molecule has 3 aromatic rings. The average molecular weight is 688 g/mol. The summed E-state index contributed by atoms with van der Waals surface area (Å²) in [6.07, 6.45) is 0.227. The maximum Gasteiger partial charge on any atom is 0.222 e. The summed E-state index contributed by atoms with van der Waals surface area (Å²) < 4.78 is 21.7. The highest BCUT2D eigenvalue weighted by molar-refractivity contribution is 6.02. The number of nitrogens with one attached hydrogen (secondary N) is 1. The van der Waals surface area contributed by atoms with E-state index in [1.165, 1.54) is 0 Å². The van der Waals surface area contributed by atoms with Crippen molar-refractivity contribution in [1.82, 2.24) is 10.2 Å². The summed E-state index contributed by atoms with van der Waals surface area (Å²) >= 11 is 0. The normalized spacial score (nSPS) is 16.7. The Morgan fingerprint density at radius 2 is 1.18 bits per heavy atom. The lowest BCUT2D eigenvalue weighted by Crippen LogP contribution is -2.52. The Kier molecular flexibility index (Phi) is 16.7. The molecule has 3 aromatic carbocycles. The Labute approximate surface area is 296 Å². The molecule has 1 amide bonds. The topological polar surface area (TPSA) is 129 Å². The fourth-order valence-electron chi connectivity index (χ4n) is 6.47. The molecule has 1 fully saturated rings. The lowest BCUT2D eigenvalue weighted by Gasteiger charge is -2.43. The van der Waals surface area contributed by atoms with Crippen LogP contribution in [0.2, 0.25) is 0 Å². The molecule has 0 radical (unpaired) electrons. The number of ketones is 2. The first-order valence-electron chi connectivity index (χ1n) is 17.7. The monoisotopic (exact) mass is 687 g/mol. The van der Waals surface area contributed by atoms with E-state index in [2.05, 4.69) is 36.2 Å². The van der Waals surface area contributed by atoms with E-state index >= 15 is 0 Å². The van der Waals surface area contributed by atoms with Crippen LogP contribution in [0, 0.1) is 25.7 Å². The Balaban J connectivity index is 1.33. The number of carbonyl (C=O) groups is 3. The standard InChI is InChI=1S/C40H53N3O7/c1-30-10-9-15-34(31(30)2)38-35(39(45)32-11-5-3-6-12-32)28-43(29-36(38)40(46)33-13-7-4-8-14-33)19-18-42-37(44)16-20-47-22-24-49-26-27-50-25-23-48-21-17-41/h3-15,35-36,38H,16-29,41H2,1-2H3,(H,42,44)/t35-,36-/m0/s1. The fraction of sp³-hybridized carbons (Fsp3) is 0.475. The first kappa shape index (κ1) is 39.0. The van der Waals surface area contributed by atoms with Gasteiger partial charge in [0.25, 0.3) is 0 Å². The third-order valence-electron chi connectivity index (χ3n) is 9.17. The smallest absolute Gasteiger partial charge is 0.222 e. The SMILES string of the molecule is Cc1cccc(C2[C@@H](C(=O)c3ccccc3)CN(CCNC(=O)CCOCCOCCOCCOCCN)C[C@@H]2C(=O)c2ccccc2)c1C. The van der Waals surface area contributed by atoms with E-state index in [4.69, 9.17) is 24.7 Å². The minimum absolute atomic E-state index is 0.0256. The number of piperidine rings is 1. The molecule has 10 heteroatoms. The third-order valence-corrected chi connectivity index (χ3v) is 9.17. The molecule has 2 atom stereocenters. The maximum atomic E-state index is 14.3. The van der Waals surface area contributed by atoms with E-state index in [9.17, 15) is 14.4 Å². The Morgan fingerprint density at radius 1 is 0.680 bits per heavy atom. The van der Waals surface area contributed by atoms with Crippen LogP contribution in [0.5, 0.6) is 0 Å². The van der Waals surface area contributed by atoms with E-state index in [1.54, 1.807) is 0 Å². The second-order valence-corrected chi connectivity index (χ2v) is 12.6. The zero-order valence-corrected chi connectivity index (χ0v) is 29.5. The minimum Gasteiger partial charge on any atom is -0.379 e. The summed E-state index contributed by atoms with van der Waals surface area (Å²) in [6.45, 7) is 10.1. The molecular weight excluding hydrogens is 634 g/mol. The molecule has 1 heterocycles. The van der Waals surface area contributed by atoms with E-state index in [0.717, 1.165) is 16.7 Å². The first-order valence-corrected chi connectivity index (χ1v) is 17.7. The van der Waals surface area contributed by atoms with Crippen LogP contribution < -0.4 is 11.1 Å². The third kappa shape index (κ3) is 11.9. The number of hydrogen-bond donors (Lipinski definition) is 2. The molecule has 3 N–H and O–H groups in total. The summed E-state index contributed by atoms with van der Waals surface area (Å²) in [5.74, 6) is -1.25. The van der Waals surface area contributed by atoms with Crippen LogP contribution in [0.1, 0.15) is 49.7 Å². The van der Waals surface area contributed by atoms with E-state index in [-0.39, 0.29) is 36.4 Å². The summed E-state index contributed by atoms with van der Waals surface area (Å²) in [4.78, 5) is 43.3. The van der Waals surface area contributed by atoms with Crippen LogP contribution >= 0.6 is 0 Å². The van der Waals surface area contributed by atoms with Gasteiger partial charge >= 0.3 is 0 Å². The molecule has 1 saturated heterocycles. The van der Waals surface area contributed by atoms with Gasteiger partial charge in [-0.15, -0.1) is 0 Å². The van der Waals surface area contributed by atoms with Crippen molar-refractivity contribution < 1.29 is 33.3 Å². The number of nitrogens with zero attached hydrogens (tertiary/aromatic N) is 1. The molecule has 1 aliphatic rings. The molecule has 50 heavy (non-hydrogen) atoms. The number of nitrogens with two attached hydrogens (primary N) is 1. The molecule has 0 spiro atoms. The summed E-state index contributed by atoms with van der Waals surface area (Å²) in [5.41, 5.74) is 9.92. The van der Waals surface area contributed by atoms with Crippen LogP contribution in [0.3, 0.4) is 0 Å². The van der Waals surface area contributed by atoms with Gasteiger partial charge in [0.2, 0.25) is 5.91 Å². The van der Waals surface area contributed by atoms with Gasteiger partial charge < -0.3 is 34.9 Å². The maximum absolute atomic E-state index is 14.3. The molecule has 0 aromatic heterocycles. The van der Waals surface area contributed by atoms with Gasteiger partial charge in [0.1, 0.15) is 0 Å². The van der Waals surface area contributed by atoms with E-state index in [1.807, 2.05) is 66.7 Å². The van der Waals surface area contributed by atoms with Crippen molar-refractivity contribution in [2.24, 2.45) is 17.6 Å². The quantitative estimate of drug-likeness (QED) is 0.118. The van der Waals surface area contributed by atoms with Crippen molar-refractivity contribution in [3.63, 3.8) is 0 Å².